The molecule has 112 valence electrons. The molecule has 0 bridgehead atoms. The van der Waals surface area contributed by atoms with Gasteiger partial charge in [-0.3, -0.25) is 4.79 Å². The summed E-state index contributed by atoms with van der Waals surface area (Å²) in [7, 11) is 1.59. The first-order valence-electron chi connectivity index (χ1n) is 6.74. The topological polar surface area (TPSA) is 71.3 Å². The minimum absolute atomic E-state index is 0.107. The smallest absolute Gasteiger partial charge is 0.258 e. The molecule has 22 heavy (non-hydrogen) atoms. The molecule has 0 radical (unpaired) electrons. The van der Waals surface area contributed by atoms with Gasteiger partial charge in [0.25, 0.3) is 5.91 Å². The van der Waals surface area contributed by atoms with Crippen molar-refractivity contribution >= 4 is 5.91 Å². The number of rotatable bonds is 6. The van der Waals surface area contributed by atoms with Crippen LogP contribution in [-0.4, -0.2) is 19.6 Å². The molecule has 2 rings (SSSR count). The van der Waals surface area contributed by atoms with Crippen molar-refractivity contribution in [1.29, 1.82) is 5.26 Å². The van der Waals surface area contributed by atoms with E-state index in [2.05, 4.69) is 5.32 Å². The second-order valence-electron chi connectivity index (χ2n) is 4.52. The largest absolute Gasteiger partial charge is 0.496 e. The Morgan fingerprint density at radius 3 is 2.82 bits per heavy atom. The zero-order valence-corrected chi connectivity index (χ0v) is 12.2. The van der Waals surface area contributed by atoms with Gasteiger partial charge < -0.3 is 14.8 Å². The maximum Gasteiger partial charge on any atom is 0.258 e. The van der Waals surface area contributed by atoms with Gasteiger partial charge in [-0.25, -0.2) is 0 Å². The molecule has 0 saturated heterocycles. The van der Waals surface area contributed by atoms with E-state index in [-0.39, 0.29) is 12.5 Å². The quantitative estimate of drug-likeness (QED) is 0.887. The third-order valence-electron chi connectivity index (χ3n) is 3.00. The summed E-state index contributed by atoms with van der Waals surface area (Å²) in [5.41, 5.74) is 1.39. The van der Waals surface area contributed by atoms with Gasteiger partial charge in [-0.15, -0.1) is 0 Å². The number of nitriles is 1. The molecule has 0 atom stereocenters. The van der Waals surface area contributed by atoms with Crippen LogP contribution in [0.5, 0.6) is 11.5 Å². The van der Waals surface area contributed by atoms with Gasteiger partial charge in [-0.1, -0.05) is 24.3 Å². The normalized spacial score (nSPS) is 9.64. The summed E-state index contributed by atoms with van der Waals surface area (Å²) in [6.07, 6.45) is 0. The summed E-state index contributed by atoms with van der Waals surface area (Å²) >= 11 is 0. The van der Waals surface area contributed by atoms with Crippen molar-refractivity contribution in [2.45, 2.75) is 6.54 Å². The average Bonchev–Trinajstić information content (AvgIpc) is 2.58. The van der Waals surface area contributed by atoms with Crippen molar-refractivity contribution in [3.05, 3.63) is 59.7 Å². The summed E-state index contributed by atoms with van der Waals surface area (Å²) in [4.78, 5) is 11.8. The molecular formula is C17H16N2O3. The predicted octanol–water partition coefficient (Wildman–Crippen LogP) is 2.26. The van der Waals surface area contributed by atoms with Crippen LogP contribution in [0.1, 0.15) is 11.1 Å². The molecule has 5 nitrogen and oxygen atoms in total. The number of nitrogens with one attached hydrogen (secondary N) is 1. The van der Waals surface area contributed by atoms with Crippen LogP contribution in [0.2, 0.25) is 0 Å². The van der Waals surface area contributed by atoms with Crippen molar-refractivity contribution in [3.63, 3.8) is 0 Å². The van der Waals surface area contributed by atoms with E-state index in [0.29, 0.717) is 17.9 Å². The molecule has 1 amide bonds. The molecule has 0 aliphatic rings. The van der Waals surface area contributed by atoms with Gasteiger partial charge in [0, 0.05) is 12.1 Å². The third-order valence-corrected chi connectivity index (χ3v) is 3.00. The van der Waals surface area contributed by atoms with Gasteiger partial charge in [-0.2, -0.15) is 5.26 Å². The number of carbonyl (C=O) groups is 1. The Hall–Kier alpha value is -3.00. The number of hydrogen-bond acceptors (Lipinski definition) is 4. The van der Waals surface area contributed by atoms with Crippen LogP contribution >= 0.6 is 0 Å². The van der Waals surface area contributed by atoms with Crippen LogP contribution < -0.4 is 14.8 Å². The van der Waals surface area contributed by atoms with Crippen LogP contribution in [0.15, 0.2) is 48.5 Å². The van der Waals surface area contributed by atoms with Gasteiger partial charge in [0.2, 0.25) is 0 Å². The summed E-state index contributed by atoms with van der Waals surface area (Å²) in [5.74, 6) is 0.977. The second kappa shape index (κ2) is 7.70. The fraction of sp³-hybridized carbons (Fsp3) is 0.176. The number of hydrogen-bond donors (Lipinski definition) is 1. The van der Waals surface area contributed by atoms with E-state index >= 15 is 0 Å². The minimum atomic E-state index is -0.242. The Balaban J connectivity index is 1.84. The minimum Gasteiger partial charge on any atom is -0.496 e. The fourth-order valence-electron chi connectivity index (χ4n) is 1.90. The first-order chi connectivity index (χ1) is 10.7. The number of carbonyl (C=O) groups excluding carboxylic acids is 1. The maximum atomic E-state index is 11.8. The standard InChI is InChI=1S/C17H16N2O3/c1-21-16-8-3-2-6-14(16)11-19-17(20)12-22-15-7-4-5-13(9-15)10-18/h2-9H,11-12H2,1H3,(H,19,20). The highest BCUT2D eigenvalue weighted by Crippen LogP contribution is 2.16. The number of ether oxygens (including phenoxy) is 2. The lowest BCUT2D eigenvalue weighted by molar-refractivity contribution is -0.123. The Labute approximate surface area is 129 Å². The number of benzene rings is 2. The summed E-state index contributed by atoms with van der Waals surface area (Å²) in [6.45, 7) is 0.258. The molecule has 0 fully saturated rings. The van der Waals surface area contributed by atoms with Crippen molar-refractivity contribution in [1.82, 2.24) is 5.32 Å². The Morgan fingerprint density at radius 1 is 1.23 bits per heavy atom. The zero-order valence-electron chi connectivity index (χ0n) is 12.2. The third kappa shape index (κ3) is 4.25. The van der Waals surface area contributed by atoms with E-state index in [1.54, 1.807) is 31.4 Å². The van der Waals surface area contributed by atoms with Crippen LogP contribution in [0, 0.1) is 11.3 Å². The molecule has 0 heterocycles. The average molecular weight is 296 g/mol. The Kier molecular flexibility index (Phi) is 5.38. The maximum absolute atomic E-state index is 11.8. The highest BCUT2D eigenvalue weighted by molar-refractivity contribution is 5.77. The first-order valence-corrected chi connectivity index (χ1v) is 6.74. The molecule has 5 heteroatoms. The van der Waals surface area contributed by atoms with E-state index < -0.39 is 0 Å². The summed E-state index contributed by atoms with van der Waals surface area (Å²) in [6, 6.07) is 16.2. The number of amides is 1. The Bertz CT molecular complexity index is 692. The lowest BCUT2D eigenvalue weighted by Gasteiger charge is -2.10. The predicted molar refractivity (Wildman–Crippen MR) is 81.5 cm³/mol. The SMILES string of the molecule is COc1ccccc1CNC(=O)COc1cccc(C#N)c1. The van der Waals surface area contributed by atoms with Gasteiger partial charge in [0.05, 0.1) is 18.7 Å². The molecule has 0 aliphatic carbocycles. The molecule has 0 spiro atoms. The molecule has 2 aromatic rings. The van der Waals surface area contributed by atoms with Crippen molar-refractivity contribution in [2.75, 3.05) is 13.7 Å². The summed E-state index contributed by atoms with van der Waals surface area (Å²) in [5, 5.41) is 11.6. The molecule has 0 aromatic heterocycles. The molecule has 1 N–H and O–H groups in total. The second-order valence-corrected chi connectivity index (χ2v) is 4.52. The first kappa shape index (κ1) is 15.4. The monoisotopic (exact) mass is 296 g/mol. The van der Waals surface area contributed by atoms with E-state index in [9.17, 15) is 4.79 Å². The lowest BCUT2D eigenvalue weighted by atomic mass is 10.2. The van der Waals surface area contributed by atoms with Gasteiger partial charge in [-0.05, 0) is 24.3 Å². The lowest BCUT2D eigenvalue weighted by Crippen LogP contribution is -2.28. The van der Waals surface area contributed by atoms with E-state index in [1.165, 1.54) is 0 Å². The molecule has 0 aliphatic heterocycles. The Morgan fingerprint density at radius 2 is 2.05 bits per heavy atom. The fourth-order valence-corrected chi connectivity index (χ4v) is 1.90. The van der Waals surface area contributed by atoms with E-state index in [4.69, 9.17) is 14.7 Å². The molecule has 0 unspecified atom stereocenters. The van der Waals surface area contributed by atoms with Crippen LogP contribution in [0.3, 0.4) is 0 Å². The van der Waals surface area contributed by atoms with Crippen LogP contribution in [0.25, 0.3) is 0 Å². The van der Waals surface area contributed by atoms with Crippen molar-refractivity contribution in [2.24, 2.45) is 0 Å². The van der Waals surface area contributed by atoms with Crippen molar-refractivity contribution in [3.8, 4) is 17.6 Å². The highest BCUT2D eigenvalue weighted by Gasteiger charge is 2.06. The van der Waals surface area contributed by atoms with Gasteiger partial charge >= 0.3 is 0 Å². The zero-order chi connectivity index (χ0) is 15.8. The van der Waals surface area contributed by atoms with E-state index in [1.807, 2.05) is 30.3 Å². The molecular weight excluding hydrogens is 280 g/mol. The van der Waals surface area contributed by atoms with E-state index in [0.717, 1.165) is 11.3 Å². The molecule has 0 saturated carbocycles. The van der Waals surface area contributed by atoms with Crippen molar-refractivity contribution < 1.29 is 14.3 Å². The van der Waals surface area contributed by atoms with Gasteiger partial charge in [0.15, 0.2) is 6.61 Å². The number of methoxy groups -OCH3 is 1. The number of nitrogens with zero attached hydrogens (tertiary/aromatic N) is 1. The highest BCUT2D eigenvalue weighted by atomic mass is 16.5. The summed E-state index contributed by atoms with van der Waals surface area (Å²) < 4.78 is 10.6. The van der Waals surface area contributed by atoms with Gasteiger partial charge in [0.1, 0.15) is 11.5 Å². The molecule has 2 aromatic carbocycles. The van der Waals surface area contributed by atoms with Crippen LogP contribution in [-0.2, 0) is 11.3 Å². The number of para-hydroxylation sites is 1. The van der Waals surface area contributed by atoms with Crippen LogP contribution in [0.4, 0.5) is 0 Å².